The van der Waals surface area contributed by atoms with Gasteiger partial charge in [0.2, 0.25) is 5.91 Å². The summed E-state index contributed by atoms with van der Waals surface area (Å²) in [5.41, 5.74) is 8.25. The summed E-state index contributed by atoms with van der Waals surface area (Å²) in [7, 11) is 0. The number of hydrogen-bond donors (Lipinski definition) is 3. The molecule has 1 aromatic heterocycles. The third-order valence-electron chi connectivity index (χ3n) is 4.06. The average Bonchev–Trinajstić information content (AvgIpc) is 3.23. The van der Waals surface area contributed by atoms with Crippen LogP contribution in [0.2, 0.25) is 0 Å². The first-order valence-corrected chi connectivity index (χ1v) is 8.14. The van der Waals surface area contributed by atoms with Crippen LogP contribution in [0.3, 0.4) is 0 Å². The number of aromatic nitrogens is 2. The first-order valence-electron chi connectivity index (χ1n) is 8.14. The second-order valence-corrected chi connectivity index (χ2v) is 5.91. The van der Waals surface area contributed by atoms with E-state index < -0.39 is 0 Å². The fraction of sp³-hybridized carbons (Fsp3) is 0.412. The lowest BCUT2D eigenvalue weighted by Crippen LogP contribution is -2.43. The molecule has 1 aliphatic rings. The summed E-state index contributed by atoms with van der Waals surface area (Å²) in [6, 6.07) is 10.2. The largest absolute Gasteiger partial charge is 0.351 e. The molecule has 122 valence electrons. The van der Waals surface area contributed by atoms with Crippen LogP contribution >= 0.6 is 0 Å². The molecule has 0 radical (unpaired) electrons. The number of carbonyl (C=O) groups excluding carboxylic acids is 1. The molecule has 3 N–H and O–H groups in total. The number of amides is 1. The molecule has 2 atom stereocenters. The molecule has 1 aromatic carbocycles. The first kappa shape index (κ1) is 15.7. The Bertz CT molecular complexity index is 639. The van der Waals surface area contributed by atoms with Gasteiger partial charge in [0.25, 0.3) is 0 Å². The highest BCUT2D eigenvalue weighted by atomic mass is 16.2. The molecule has 2 aromatic rings. The van der Waals surface area contributed by atoms with Gasteiger partial charge in [-0.05, 0) is 25.0 Å². The third-order valence-corrected chi connectivity index (χ3v) is 4.06. The van der Waals surface area contributed by atoms with Crippen molar-refractivity contribution >= 4 is 5.91 Å². The van der Waals surface area contributed by atoms with E-state index >= 15 is 0 Å². The summed E-state index contributed by atoms with van der Waals surface area (Å²) < 4.78 is 1.81. The van der Waals surface area contributed by atoms with E-state index in [9.17, 15) is 4.79 Å². The Morgan fingerprint density at radius 1 is 1.35 bits per heavy atom. The van der Waals surface area contributed by atoms with E-state index in [2.05, 4.69) is 28.2 Å². The Morgan fingerprint density at radius 3 is 2.96 bits per heavy atom. The van der Waals surface area contributed by atoms with Gasteiger partial charge >= 0.3 is 0 Å². The molecule has 23 heavy (non-hydrogen) atoms. The summed E-state index contributed by atoms with van der Waals surface area (Å²) in [6.45, 7) is 2.64. The highest BCUT2D eigenvalue weighted by molar-refractivity contribution is 5.82. The van der Waals surface area contributed by atoms with Crippen LogP contribution in [0.25, 0.3) is 5.69 Å². The summed E-state index contributed by atoms with van der Waals surface area (Å²) >= 11 is 0. The van der Waals surface area contributed by atoms with Crippen molar-refractivity contribution in [1.82, 2.24) is 25.9 Å². The first-order chi connectivity index (χ1) is 11.3. The lowest BCUT2D eigenvalue weighted by Gasteiger charge is -2.09. The molecule has 6 nitrogen and oxygen atoms in total. The molecule has 3 rings (SSSR count). The van der Waals surface area contributed by atoms with Gasteiger partial charge < -0.3 is 5.32 Å². The minimum atomic E-state index is -0.157. The fourth-order valence-corrected chi connectivity index (χ4v) is 2.82. The summed E-state index contributed by atoms with van der Waals surface area (Å²) in [5, 5.41) is 7.31. The van der Waals surface area contributed by atoms with Crippen LogP contribution in [-0.4, -0.2) is 27.8 Å². The number of benzene rings is 1. The van der Waals surface area contributed by atoms with Crippen molar-refractivity contribution in [2.45, 2.75) is 44.8 Å². The molecular formula is C17H23N5O. The van der Waals surface area contributed by atoms with Crippen molar-refractivity contribution < 1.29 is 4.79 Å². The molecule has 2 heterocycles. The monoisotopic (exact) mass is 313 g/mol. The molecule has 0 bridgehead atoms. The normalized spacial score (nSPS) is 20.6. The third kappa shape index (κ3) is 3.97. The molecule has 1 amide bonds. The van der Waals surface area contributed by atoms with Crippen LogP contribution in [0.4, 0.5) is 0 Å². The maximum atomic E-state index is 12.2. The molecule has 0 aliphatic carbocycles. The number of rotatable bonds is 6. The van der Waals surface area contributed by atoms with E-state index in [0.29, 0.717) is 12.6 Å². The smallest absolute Gasteiger partial charge is 0.238 e. The standard InChI is InChI=1S/C17H23N5O/c1-2-6-14-9-16(21-20-14)17(23)18-10-13-11-19-22(12-13)15-7-4-3-5-8-15/h3-5,7-8,11-12,14,16,20-21H,2,6,9-10H2,1H3,(H,18,23). The molecular weight excluding hydrogens is 290 g/mol. The average molecular weight is 313 g/mol. The van der Waals surface area contributed by atoms with Gasteiger partial charge in [0, 0.05) is 24.3 Å². The Hall–Kier alpha value is -2.18. The molecule has 0 spiro atoms. The molecule has 0 saturated carbocycles. The number of nitrogens with zero attached hydrogens (tertiary/aromatic N) is 2. The Morgan fingerprint density at radius 2 is 2.17 bits per heavy atom. The van der Waals surface area contributed by atoms with Gasteiger partial charge in [0.05, 0.1) is 11.9 Å². The quantitative estimate of drug-likeness (QED) is 0.756. The van der Waals surface area contributed by atoms with Crippen molar-refractivity contribution in [3.8, 4) is 5.69 Å². The van der Waals surface area contributed by atoms with Crippen LogP contribution < -0.4 is 16.2 Å². The minimum Gasteiger partial charge on any atom is -0.351 e. The van der Waals surface area contributed by atoms with Crippen LogP contribution in [-0.2, 0) is 11.3 Å². The van der Waals surface area contributed by atoms with Crippen molar-refractivity contribution in [2.75, 3.05) is 0 Å². The number of para-hydroxylation sites is 1. The highest BCUT2D eigenvalue weighted by Crippen LogP contribution is 2.11. The lowest BCUT2D eigenvalue weighted by atomic mass is 10.1. The summed E-state index contributed by atoms with van der Waals surface area (Å²) in [4.78, 5) is 12.2. The van der Waals surface area contributed by atoms with E-state index in [-0.39, 0.29) is 11.9 Å². The number of hydrazine groups is 1. The predicted octanol–water partition coefficient (Wildman–Crippen LogP) is 1.52. The van der Waals surface area contributed by atoms with Crippen molar-refractivity contribution in [3.63, 3.8) is 0 Å². The minimum absolute atomic E-state index is 0.0311. The number of carbonyl (C=O) groups is 1. The fourth-order valence-electron chi connectivity index (χ4n) is 2.82. The van der Waals surface area contributed by atoms with E-state index in [0.717, 1.165) is 30.5 Å². The van der Waals surface area contributed by atoms with Crippen molar-refractivity contribution in [2.24, 2.45) is 0 Å². The predicted molar refractivity (Wildman–Crippen MR) is 88.8 cm³/mol. The van der Waals surface area contributed by atoms with Crippen molar-refractivity contribution in [1.29, 1.82) is 0 Å². The summed E-state index contributed by atoms with van der Waals surface area (Å²) in [6.07, 6.45) is 6.76. The SMILES string of the molecule is CCCC1CC(C(=O)NCc2cnn(-c3ccccc3)c2)NN1. The maximum absolute atomic E-state index is 12.2. The zero-order chi connectivity index (χ0) is 16.1. The zero-order valence-electron chi connectivity index (χ0n) is 13.3. The Kier molecular flexibility index (Phi) is 5.05. The molecule has 2 unspecified atom stereocenters. The van der Waals surface area contributed by atoms with E-state index in [1.165, 1.54) is 0 Å². The van der Waals surface area contributed by atoms with Gasteiger partial charge in [-0.1, -0.05) is 31.5 Å². The van der Waals surface area contributed by atoms with E-state index in [1.807, 2.05) is 41.2 Å². The van der Waals surface area contributed by atoms with E-state index in [4.69, 9.17) is 0 Å². The Labute approximate surface area is 136 Å². The van der Waals surface area contributed by atoms with Gasteiger partial charge in [-0.3, -0.25) is 10.2 Å². The molecule has 1 aliphatic heterocycles. The Balaban J connectivity index is 1.51. The van der Waals surface area contributed by atoms with Gasteiger partial charge in [-0.15, -0.1) is 0 Å². The number of nitrogens with one attached hydrogen (secondary N) is 3. The topological polar surface area (TPSA) is 71.0 Å². The van der Waals surface area contributed by atoms with Crippen LogP contribution in [0.15, 0.2) is 42.7 Å². The van der Waals surface area contributed by atoms with Gasteiger partial charge in [-0.25, -0.2) is 10.1 Å². The van der Waals surface area contributed by atoms with Crippen molar-refractivity contribution in [3.05, 3.63) is 48.3 Å². The lowest BCUT2D eigenvalue weighted by molar-refractivity contribution is -0.123. The van der Waals surface area contributed by atoms with Gasteiger partial charge in [0.15, 0.2) is 0 Å². The molecule has 6 heteroatoms. The van der Waals surface area contributed by atoms with Crippen LogP contribution in [0, 0.1) is 0 Å². The molecule has 1 fully saturated rings. The second-order valence-electron chi connectivity index (χ2n) is 5.91. The maximum Gasteiger partial charge on any atom is 0.238 e. The zero-order valence-corrected chi connectivity index (χ0v) is 13.3. The number of hydrogen-bond acceptors (Lipinski definition) is 4. The van der Waals surface area contributed by atoms with Gasteiger partial charge in [0.1, 0.15) is 6.04 Å². The van der Waals surface area contributed by atoms with Gasteiger partial charge in [-0.2, -0.15) is 5.10 Å². The van der Waals surface area contributed by atoms with Crippen LogP contribution in [0.5, 0.6) is 0 Å². The van der Waals surface area contributed by atoms with Crippen LogP contribution in [0.1, 0.15) is 31.7 Å². The second kappa shape index (κ2) is 7.39. The summed E-state index contributed by atoms with van der Waals surface area (Å²) in [5.74, 6) is 0.0311. The molecule has 1 saturated heterocycles. The highest BCUT2D eigenvalue weighted by Gasteiger charge is 2.28. The van der Waals surface area contributed by atoms with E-state index in [1.54, 1.807) is 6.20 Å².